The minimum absolute atomic E-state index is 0.0728. The number of hydrogen-bond donors (Lipinski definition) is 3. The van der Waals surface area contributed by atoms with Crippen LogP contribution < -0.4 is 5.32 Å². The van der Waals surface area contributed by atoms with E-state index in [4.69, 9.17) is 0 Å². The van der Waals surface area contributed by atoms with Crippen LogP contribution in [-0.2, 0) is 27.5 Å². The Balaban J connectivity index is 1.38. The van der Waals surface area contributed by atoms with Crippen LogP contribution in [0, 0.1) is 5.92 Å². The van der Waals surface area contributed by atoms with Gasteiger partial charge in [-0.15, -0.1) is 0 Å². The lowest BCUT2D eigenvalue weighted by Crippen LogP contribution is -2.51. The normalized spacial score (nSPS) is 26.8. The van der Waals surface area contributed by atoms with Crippen LogP contribution in [0.4, 0.5) is 4.39 Å². The maximum Gasteiger partial charge on any atom is 0.475 e. The quantitative estimate of drug-likeness (QED) is 0.417. The van der Waals surface area contributed by atoms with Gasteiger partial charge < -0.3 is 25.2 Å². The highest BCUT2D eigenvalue weighted by molar-refractivity contribution is 6.43. The van der Waals surface area contributed by atoms with Gasteiger partial charge in [0.15, 0.2) is 5.78 Å². The number of carbonyl (C=O) groups excluding carboxylic acids is 4. The Morgan fingerprint density at radius 3 is 2.66 bits per heavy atom. The predicted molar refractivity (Wildman–Crippen MR) is 111 cm³/mol. The number of alkyl halides is 1. The lowest BCUT2D eigenvalue weighted by Gasteiger charge is -2.26. The van der Waals surface area contributed by atoms with E-state index >= 15 is 0 Å². The van der Waals surface area contributed by atoms with Gasteiger partial charge in [0, 0.05) is 31.0 Å². The van der Waals surface area contributed by atoms with Crippen molar-refractivity contribution in [2.45, 2.75) is 57.4 Å². The summed E-state index contributed by atoms with van der Waals surface area (Å²) in [7, 11) is -1.87. The Kier molecular flexibility index (Phi) is 6.04. The van der Waals surface area contributed by atoms with Crippen LogP contribution in [0.2, 0.25) is 0 Å². The molecule has 0 spiro atoms. The molecule has 3 N–H and O–H groups in total. The third-order valence-electron chi connectivity index (χ3n) is 6.56. The smallest absolute Gasteiger partial charge is 0.426 e. The first-order valence-corrected chi connectivity index (χ1v) is 10.7. The summed E-state index contributed by atoms with van der Waals surface area (Å²) in [5, 5.41) is 21.4. The third kappa shape index (κ3) is 4.14. The van der Waals surface area contributed by atoms with Crippen molar-refractivity contribution in [2.24, 2.45) is 5.92 Å². The van der Waals surface area contributed by atoms with Gasteiger partial charge in [-0.05, 0) is 30.9 Å². The molecule has 1 aromatic carbocycles. The maximum atomic E-state index is 13.7. The van der Waals surface area contributed by atoms with Crippen molar-refractivity contribution < 1.29 is 33.6 Å². The van der Waals surface area contributed by atoms with Crippen LogP contribution in [0.3, 0.4) is 0 Å². The van der Waals surface area contributed by atoms with Crippen LogP contribution >= 0.6 is 0 Å². The molecule has 0 radical (unpaired) electrons. The third-order valence-corrected chi connectivity index (χ3v) is 6.56. The van der Waals surface area contributed by atoms with Crippen molar-refractivity contribution in [3.63, 3.8) is 0 Å². The first-order chi connectivity index (χ1) is 15.2. The van der Waals surface area contributed by atoms with Gasteiger partial charge in [-0.1, -0.05) is 18.2 Å². The summed E-state index contributed by atoms with van der Waals surface area (Å²) in [4.78, 5) is 52.6. The molecule has 0 saturated carbocycles. The first kappa shape index (κ1) is 22.4. The molecule has 1 aromatic rings. The minimum Gasteiger partial charge on any atom is -0.426 e. The molecule has 0 bridgehead atoms. The molecule has 0 aromatic heterocycles. The van der Waals surface area contributed by atoms with E-state index in [0.29, 0.717) is 18.7 Å². The number of likely N-dealkylation sites (tertiary alicyclic amines) is 1. The Morgan fingerprint density at radius 1 is 1.22 bits per heavy atom. The zero-order valence-electron chi connectivity index (χ0n) is 17.7. The number of ketones is 1. The lowest BCUT2D eigenvalue weighted by molar-refractivity contribution is -0.135. The minimum atomic E-state index is -1.87. The van der Waals surface area contributed by atoms with E-state index in [1.54, 1.807) is 17.0 Å². The molecule has 170 valence electrons. The van der Waals surface area contributed by atoms with Gasteiger partial charge in [-0.3, -0.25) is 19.2 Å². The average molecular weight is 445 g/mol. The molecular formula is C21H25BFN3O6. The molecule has 4 atom stereocenters. The lowest BCUT2D eigenvalue weighted by atomic mass is 9.77. The molecule has 4 rings (SSSR count). The van der Waals surface area contributed by atoms with Crippen molar-refractivity contribution in [3.8, 4) is 0 Å². The van der Waals surface area contributed by atoms with Crippen molar-refractivity contribution in [1.29, 1.82) is 0 Å². The number of nitrogens with zero attached hydrogens (tertiary/aromatic N) is 2. The summed E-state index contributed by atoms with van der Waals surface area (Å²) >= 11 is 0. The van der Waals surface area contributed by atoms with Crippen LogP contribution in [0.25, 0.3) is 0 Å². The monoisotopic (exact) mass is 445 g/mol. The highest BCUT2D eigenvalue weighted by atomic mass is 19.1. The van der Waals surface area contributed by atoms with E-state index in [1.165, 1.54) is 6.92 Å². The fraction of sp³-hybridized carbons (Fsp3) is 0.524. The predicted octanol–water partition coefficient (Wildman–Crippen LogP) is -0.423. The van der Waals surface area contributed by atoms with Crippen molar-refractivity contribution in [1.82, 2.24) is 15.1 Å². The summed E-state index contributed by atoms with van der Waals surface area (Å²) in [6.07, 6.45) is -1.55. The van der Waals surface area contributed by atoms with Crippen LogP contribution in [0.15, 0.2) is 18.2 Å². The topological polar surface area (TPSA) is 127 Å². The Hall–Kier alpha value is -2.79. The van der Waals surface area contributed by atoms with Crippen molar-refractivity contribution in [3.05, 3.63) is 34.9 Å². The number of fused-ring (bicyclic) bond motifs is 1. The molecule has 3 aliphatic heterocycles. The molecule has 2 saturated heterocycles. The van der Waals surface area contributed by atoms with Crippen molar-refractivity contribution >= 4 is 30.6 Å². The molecular weight excluding hydrogens is 420 g/mol. The molecule has 3 aliphatic rings. The standard InChI is InChI=1S/C21H25BFN3O6/c1-11(27)15-4-2-3-12-8-25(10-16(12)15)19(28)6-13-5-17(24-20(13)29)21(30)26-9-14(23)7-18(26)22(31)32/h2-4,13-14,17-18,31-32H,5-10H2,1H3,(H,24,29)/t13-,14?,17-,18-/m0/s1. The summed E-state index contributed by atoms with van der Waals surface area (Å²) in [5.41, 5.74) is 2.30. The second kappa shape index (κ2) is 8.63. The van der Waals surface area contributed by atoms with Gasteiger partial charge in [-0.25, -0.2) is 4.39 Å². The molecule has 3 amide bonds. The SMILES string of the molecule is CC(=O)c1cccc2c1CN(C(=O)C[C@@H]1C[C@@H](C(=O)N3CC(F)C[C@H]3B(O)O)NC1=O)C2. The van der Waals surface area contributed by atoms with E-state index in [2.05, 4.69) is 5.32 Å². The molecule has 32 heavy (non-hydrogen) atoms. The van der Waals surface area contributed by atoms with Crippen molar-refractivity contribution in [2.75, 3.05) is 6.54 Å². The molecule has 3 heterocycles. The highest BCUT2D eigenvalue weighted by Crippen LogP contribution is 2.30. The Labute approximate surface area is 184 Å². The van der Waals surface area contributed by atoms with Gasteiger partial charge in [0.05, 0.1) is 12.5 Å². The second-order valence-electron chi connectivity index (χ2n) is 8.75. The Morgan fingerprint density at radius 2 is 1.97 bits per heavy atom. The van der Waals surface area contributed by atoms with E-state index in [-0.39, 0.29) is 37.5 Å². The number of nitrogens with one attached hydrogen (secondary N) is 1. The average Bonchev–Trinajstić information content (AvgIpc) is 3.43. The summed E-state index contributed by atoms with van der Waals surface area (Å²) in [5.74, 6) is -3.11. The van der Waals surface area contributed by atoms with Gasteiger partial charge >= 0.3 is 7.12 Å². The number of halogens is 1. The van der Waals surface area contributed by atoms with Gasteiger partial charge in [0.25, 0.3) is 0 Å². The van der Waals surface area contributed by atoms with E-state index < -0.39 is 43.0 Å². The molecule has 0 aliphatic carbocycles. The molecule has 11 heteroatoms. The second-order valence-corrected chi connectivity index (χ2v) is 8.75. The number of benzene rings is 1. The number of hydrogen-bond acceptors (Lipinski definition) is 6. The maximum absolute atomic E-state index is 13.7. The van der Waals surface area contributed by atoms with E-state index in [1.807, 2.05) is 6.07 Å². The zero-order chi connectivity index (χ0) is 23.2. The fourth-order valence-corrected chi connectivity index (χ4v) is 4.90. The molecule has 2 fully saturated rings. The van der Waals surface area contributed by atoms with Crippen LogP contribution in [0.5, 0.6) is 0 Å². The fourth-order valence-electron chi connectivity index (χ4n) is 4.90. The van der Waals surface area contributed by atoms with Gasteiger partial charge in [-0.2, -0.15) is 0 Å². The summed E-state index contributed by atoms with van der Waals surface area (Å²) in [6, 6.07) is 4.44. The first-order valence-electron chi connectivity index (χ1n) is 10.7. The van der Waals surface area contributed by atoms with E-state index in [9.17, 15) is 33.6 Å². The molecule has 9 nitrogen and oxygen atoms in total. The number of carbonyl (C=O) groups is 4. The summed E-state index contributed by atoms with van der Waals surface area (Å²) in [6.45, 7) is 1.86. The molecule has 1 unspecified atom stereocenters. The van der Waals surface area contributed by atoms with Crippen LogP contribution in [0.1, 0.15) is 47.7 Å². The Bertz CT molecular complexity index is 973. The number of amides is 3. The number of Topliss-reactive ketones (excluding diaryl/α,β-unsaturated/α-hetero) is 1. The van der Waals surface area contributed by atoms with Gasteiger partial charge in [0.2, 0.25) is 17.7 Å². The highest BCUT2D eigenvalue weighted by Gasteiger charge is 2.47. The van der Waals surface area contributed by atoms with E-state index in [0.717, 1.165) is 16.0 Å². The van der Waals surface area contributed by atoms with Crippen LogP contribution in [-0.4, -0.2) is 75.2 Å². The largest absolute Gasteiger partial charge is 0.475 e. The number of rotatable bonds is 5. The zero-order valence-corrected chi connectivity index (χ0v) is 17.7. The summed E-state index contributed by atoms with van der Waals surface area (Å²) < 4.78 is 13.7. The van der Waals surface area contributed by atoms with Gasteiger partial charge in [0.1, 0.15) is 12.2 Å².